The van der Waals surface area contributed by atoms with Crippen molar-refractivity contribution in [2.45, 2.75) is 63.7 Å². The number of carbonyl (C=O) groups excluding carboxylic acids is 3. The summed E-state index contributed by atoms with van der Waals surface area (Å²) in [5, 5.41) is 26.4. The van der Waals surface area contributed by atoms with Gasteiger partial charge in [-0.3, -0.25) is 14.5 Å². The highest BCUT2D eigenvalue weighted by atomic mass is 32.2. The number of aliphatic hydroxyl groups is 1. The summed E-state index contributed by atoms with van der Waals surface area (Å²) in [5.41, 5.74) is 2.08. The molecule has 1 saturated heterocycles. The Kier molecular flexibility index (Phi) is 12.7. The van der Waals surface area contributed by atoms with Crippen molar-refractivity contribution in [2.24, 2.45) is 17.0 Å². The predicted octanol–water partition coefficient (Wildman–Crippen LogP) is 3.72. The van der Waals surface area contributed by atoms with E-state index in [-0.39, 0.29) is 49.3 Å². The molecule has 1 aliphatic heterocycles. The highest BCUT2D eigenvalue weighted by Gasteiger charge is 2.44. The first kappa shape index (κ1) is 37.2. The second-order valence-corrected chi connectivity index (χ2v) is 14.9. The van der Waals surface area contributed by atoms with E-state index in [1.165, 1.54) is 39.7 Å². The van der Waals surface area contributed by atoms with Gasteiger partial charge in [-0.15, -0.1) is 0 Å². The lowest BCUT2D eigenvalue weighted by Crippen LogP contribution is -2.57. The van der Waals surface area contributed by atoms with Gasteiger partial charge in [-0.25, -0.2) is 13.2 Å². The number of hydrogen-bond acceptors (Lipinski definition) is 8. The minimum absolute atomic E-state index is 0.00349. The molecule has 0 saturated carbocycles. The van der Waals surface area contributed by atoms with E-state index in [4.69, 9.17) is 5.21 Å². The lowest BCUT2D eigenvalue weighted by molar-refractivity contribution is -0.129. The Balaban J connectivity index is 1.59. The van der Waals surface area contributed by atoms with Gasteiger partial charge in [-0.2, -0.15) is 4.31 Å². The summed E-state index contributed by atoms with van der Waals surface area (Å²) in [6.07, 6.45) is 0.00702. The third kappa shape index (κ3) is 9.52. The number of nitrogens with one attached hydrogen (secondary N) is 1. The zero-order valence-electron chi connectivity index (χ0n) is 28.2. The molecule has 1 heterocycles. The Bertz CT molecular complexity index is 1700. The highest BCUT2D eigenvalue weighted by Crippen LogP contribution is 2.23. The van der Waals surface area contributed by atoms with Gasteiger partial charge in [0, 0.05) is 13.1 Å². The predicted molar refractivity (Wildman–Crippen MR) is 185 cm³/mol. The Hall–Kier alpha value is -4.59. The average molecular weight is 692 g/mol. The highest BCUT2D eigenvalue weighted by molar-refractivity contribution is 7.89. The Morgan fingerprint density at radius 2 is 1.51 bits per heavy atom. The molecule has 1 aliphatic rings. The maximum absolute atomic E-state index is 14.1. The van der Waals surface area contributed by atoms with Gasteiger partial charge in [0.1, 0.15) is 12.6 Å². The number of oxime groups is 1. The molecule has 1 fully saturated rings. The van der Waals surface area contributed by atoms with Crippen LogP contribution in [0.1, 0.15) is 44.4 Å². The van der Waals surface area contributed by atoms with Crippen molar-refractivity contribution in [3.63, 3.8) is 0 Å². The summed E-state index contributed by atoms with van der Waals surface area (Å²) in [6, 6.07) is 21.6. The van der Waals surface area contributed by atoms with Crippen LogP contribution in [0.5, 0.6) is 0 Å². The number of sulfonamides is 1. The van der Waals surface area contributed by atoms with E-state index in [1.807, 2.05) is 74.5 Å². The maximum Gasteiger partial charge on any atom is 0.328 e. The number of carbonyl (C=O) groups is 3. The van der Waals surface area contributed by atoms with Gasteiger partial charge >= 0.3 is 6.03 Å². The van der Waals surface area contributed by atoms with Gasteiger partial charge in [0.25, 0.3) is 5.91 Å². The topological polar surface area (TPSA) is 160 Å². The largest absolute Gasteiger partial charge is 0.411 e. The van der Waals surface area contributed by atoms with Gasteiger partial charge in [0.2, 0.25) is 15.9 Å². The van der Waals surface area contributed by atoms with E-state index < -0.39 is 46.1 Å². The molecule has 3 atom stereocenters. The van der Waals surface area contributed by atoms with Gasteiger partial charge in [0.05, 0.1) is 29.8 Å². The zero-order valence-corrected chi connectivity index (χ0v) is 29.0. The molecule has 0 spiro atoms. The van der Waals surface area contributed by atoms with Crippen LogP contribution < -0.4 is 5.32 Å². The van der Waals surface area contributed by atoms with Crippen molar-refractivity contribution in [2.75, 3.05) is 19.6 Å². The molecule has 1 unspecified atom stereocenters. The first-order chi connectivity index (χ1) is 23.3. The molecule has 4 amide bonds. The number of aliphatic hydroxyl groups excluding tert-OH is 1. The van der Waals surface area contributed by atoms with Crippen LogP contribution in [0.4, 0.5) is 4.79 Å². The SMILES string of the molecule is CC(C)CN(CC(O)[C@H](Cc1ccccc1)NC(=O)[C@@H](C(C)C)N1CC(=O)N(Cc2ccccc2)C1=O)S(=O)(=O)c1ccc(/C=N/O)cc1. The van der Waals surface area contributed by atoms with Gasteiger partial charge in [-0.05, 0) is 47.1 Å². The normalized spacial score (nSPS) is 15.8. The van der Waals surface area contributed by atoms with Crippen molar-refractivity contribution in [1.29, 1.82) is 0 Å². The van der Waals surface area contributed by atoms with Crippen LogP contribution >= 0.6 is 0 Å². The molecule has 0 bridgehead atoms. The first-order valence-electron chi connectivity index (χ1n) is 16.3. The van der Waals surface area contributed by atoms with Crippen LogP contribution in [-0.2, 0) is 32.6 Å². The fourth-order valence-corrected chi connectivity index (χ4v) is 7.50. The minimum atomic E-state index is -4.09. The third-order valence-corrected chi connectivity index (χ3v) is 10.1. The Morgan fingerprint density at radius 1 is 0.918 bits per heavy atom. The van der Waals surface area contributed by atoms with Crippen LogP contribution in [0.3, 0.4) is 0 Å². The van der Waals surface area contributed by atoms with E-state index in [0.717, 1.165) is 16.0 Å². The van der Waals surface area contributed by atoms with Crippen molar-refractivity contribution >= 4 is 34.1 Å². The summed E-state index contributed by atoms with van der Waals surface area (Å²) < 4.78 is 28.9. The fraction of sp³-hybridized carbons (Fsp3) is 0.389. The molecular weight excluding hydrogens is 646 g/mol. The van der Waals surface area contributed by atoms with Crippen molar-refractivity contribution in [3.8, 4) is 0 Å². The monoisotopic (exact) mass is 691 g/mol. The Morgan fingerprint density at radius 3 is 2.06 bits per heavy atom. The van der Waals surface area contributed by atoms with E-state index in [2.05, 4.69) is 10.5 Å². The van der Waals surface area contributed by atoms with Gasteiger partial charge in [-0.1, -0.05) is 106 Å². The number of rotatable bonds is 16. The smallest absolute Gasteiger partial charge is 0.328 e. The number of benzene rings is 3. The lowest BCUT2D eigenvalue weighted by Gasteiger charge is -2.34. The van der Waals surface area contributed by atoms with Crippen molar-refractivity contribution in [3.05, 3.63) is 102 Å². The average Bonchev–Trinajstić information content (AvgIpc) is 3.33. The minimum Gasteiger partial charge on any atom is -0.411 e. The molecule has 4 rings (SSSR count). The summed E-state index contributed by atoms with van der Waals surface area (Å²) in [6.45, 7) is 6.87. The summed E-state index contributed by atoms with van der Waals surface area (Å²) >= 11 is 0. The first-order valence-corrected chi connectivity index (χ1v) is 17.7. The molecule has 12 nitrogen and oxygen atoms in total. The van der Waals surface area contributed by atoms with Gasteiger partial charge < -0.3 is 20.5 Å². The third-order valence-electron chi connectivity index (χ3n) is 8.28. The molecule has 13 heteroatoms. The van der Waals surface area contributed by atoms with Crippen LogP contribution in [0.15, 0.2) is 95.0 Å². The molecular formula is C36H45N5O7S. The second kappa shape index (κ2) is 16.7. The summed E-state index contributed by atoms with van der Waals surface area (Å²) in [5.74, 6) is -1.45. The molecule has 49 heavy (non-hydrogen) atoms. The van der Waals surface area contributed by atoms with Crippen LogP contribution in [-0.4, -0.2) is 94.7 Å². The number of imide groups is 1. The second-order valence-electron chi connectivity index (χ2n) is 13.0. The molecule has 0 radical (unpaired) electrons. The van der Waals surface area contributed by atoms with Crippen LogP contribution in [0, 0.1) is 11.8 Å². The molecule has 3 aromatic carbocycles. The van der Waals surface area contributed by atoms with E-state index in [0.29, 0.717) is 5.56 Å². The number of urea groups is 1. The standard InChI is InChI=1S/C36H45N5O7S/c1-25(2)21-39(49(47,48)30-17-15-28(16-18-30)20-37-46)23-32(42)31(19-27-11-7-5-8-12-27)38-35(44)34(26(3)4)41-24-33(43)40(36(41)45)22-29-13-9-6-10-14-29/h5-18,20,25-26,31-32,34,42,46H,19,21-24H2,1-4H3,(H,38,44)/b37-20+/t31-,32?,34+/m0/s1. The number of hydrogen-bond donors (Lipinski definition) is 3. The molecule has 3 N–H and O–H groups in total. The van der Waals surface area contributed by atoms with Crippen molar-refractivity contribution in [1.82, 2.24) is 19.4 Å². The number of amides is 4. The van der Waals surface area contributed by atoms with E-state index in [9.17, 15) is 27.9 Å². The summed E-state index contributed by atoms with van der Waals surface area (Å²) in [4.78, 5) is 43.0. The van der Waals surface area contributed by atoms with E-state index >= 15 is 0 Å². The Labute approximate surface area is 288 Å². The van der Waals surface area contributed by atoms with Crippen molar-refractivity contribution < 1.29 is 33.1 Å². The van der Waals surface area contributed by atoms with E-state index in [1.54, 1.807) is 13.8 Å². The van der Waals surface area contributed by atoms with Gasteiger partial charge in [0.15, 0.2) is 0 Å². The maximum atomic E-state index is 14.1. The quantitative estimate of drug-likeness (QED) is 0.0894. The zero-order chi connectivity index (χ0) is 35.7. The fourth-order valence-electron chi connectivity index (χ4n) is 5.88. The number of nitrogens with zero attached hydrogens (tertiary/aromatic N) is 4. The molecule has 262 valence electrons. The summed E-state index contributed by atoms with van der Waals surface area (Å²) in [7, 11) is -4.09. The lowest BCUT2D eigenvalue weighted by atomic mass is 9.97. The van der Waals surface area contributed by atoms with Crippen LogP contribution in [0.25, 0.3) is 0 Å². The van der Waals surface area contributed by atoms with Crippen LogP contribution in [0.2, 0.25) is 0 Å². The molecule has 3 aromatic rings. The molecule has 0 aliphatic carbocycles. The molecule has 0 aromatic heterocycles.